The molecule has 0 bridgehead atoms. The number of hydrogen-bond donors (Lipinski definition) is 2. The highest BCUT2D eigenvalue weighted by Gasteiger charge is 2.17. The molecule has 0 fully saturated rings. The zero-order valence-corrected chi connectivity index (χ0v) is 17.2. The first-order valence-electron chi connectivity index (χ1n) is 9.44. The highest BCUT2D eigenvalue weighted by molar-refractivity contribution is 5.86. The van der Waals surface area contributed by atoms with Crippen LogP contribution in [-0.4, -0.2) is 63.8 Å². The lowest BCUT2D eigenvalue weighted by molar-refractivity contribution is -0.122. The van der Waals surface area contributed by atoms with Gasteiger partial charge in [-0.2, -0.15) is 0 Å². The van der Waals surface area contributed by atoms with E-state index in [9.17, 15) is 4.79 Å². The van der Waals surface area contributed by atoms with Crippen LogP contribution in [0.5, 0.6) is 0 Å². The molecular weight excluding hydrogens is 330 g/mol. The lowest BCUT2D eigenvalue weighted by Gasteiger charge is -2.25. The van der Waals surface area contributed by atoms with Crippen molar-refractivity contribution in [3.63, 3.8) is 0 Å². The van der Waals surface area contributed by atoms with Gasteiger partial charge in [-0.15, -0.1) is 10.2 Å². The molecule has 0 unspecified atom stereocenters. The number of likely N-dealkylation sites (N-methyl/N-ethyl adjacent to an activating group) is 1. The summed E-state index contributed by atoms with van der Waals surface area (Å²) in [6, 6.07) is 0. The fourth-order valence-electron chi connectivity index (χ4n) is 2.43. The number of hydrogen-bond acceptors (Lipinski definition) is 4. The number of carbonyl (C=O) groups is 1. The Kier molecular flexibility index (Phi) is 9.09. The number of nitrogens with one attached hydrogen (secondary N) is 2. The number of aliphatic imine (C=N–C) groups is 1. The van der Waals surface area contributed by atoms with E-state index in [0.29, 0.717) is 6.54 Å². The molecule has 1 aromatic rings. The van der Waals surface area contributed by atoms with E-state index in [4.69, 9.17) is 0 Å². The molecule has 0 radical (unpaired) electrons. The molecule has 1 heterocycles. The molecular formula is C18H35N7O. The second kappa shape index (κ2) is 10.8. The van der Waals surface area contributed by atoms with Crippen LogP contribution in [0.15, 0.2) is 11.3 Å². The molecule has 0 aliphatic rings. The minimum atomic E-state index is -0.240. The summed E-state index contributed by atoms with van der Waals surface area (Å²) in [5, 5.41) is 14.4. The summed E-state index contributed by atoms with van der Waals surface area (Å²) < 4.78 is 2.03. The number of guanidine groups is 1. The first-order valence-corrected chi connectivity index (χ1v) is 9.44. The SMILES string of the molecule is CCCCN=C(NCCn1cnnc1CC)N(C)CC(=O)NC(C)(C)C. The largest absolute Gasteiger partial charge is 0.354 e. The van der Waals surface area contributed by atoms with Gasteiger partial charge >= 0.3 is 0 Å². The first-order chi connectivity index (χ1) is 12.3. The molecule has 2 N–H and O–H groups in total. The van der Waals surface area contributed by atoms with Crippen LogP contribution in [-0.2, 0) is 17.8 Å². The summed E-state index contributed by atoms with van der Waals surface area (Å²) >= 11 is 0. The monoisotopic (exact) mass is 365 g/mol. The molecule has 0 saturated carbocycles. The normalized spacial score (nSPS) is 12.2. The predicted molar refractivity (Wildman–Crippen MR) is 105 cm³/mol. The Hall–Kier alpha value is -2.12. The fourth-order valence-corrected chi connectivity index (χ4v) is 2.43. The Morgan fingerprint density at radius 3 is 2.69 bits per heavy atom. The van der Waals surface area contributed by atoms with Gasteiger partial charge in [0.2, 0.25) is 5.91 Å². The smallest absolute Gasteiger partial charge is 0.240 e. The van der Waals surface area contributed by atoms with Crippen LogP contribution >= 0.6 is 0 Å². The number of rotatable bonds is 9. The molecule has 0 aliphatic carbocycles. The van der Waals surface area contributed by atoms with Crippen molar-refractivity contribution in [1.29, 1.82) is 0 Å². The molecule has 1 rings (SSSR count). The van der Waals surface area contributed by atoms with Crippen molar-refractivity contribution in [2.45, 2.75) is 66.0 Å². The van der Waals surface area contributed by atoms with Gasteiger partial charge in [0.15, 0.2) is 5.96 Å². The highest BCUT2D eigenvalue weighted by Crippen LogP contribution is 1.99. The number of carbonyl (C=O) groups excluding carboxylic acids is 1. The molecule has 0 saturated heterocycles. The number of aryl methyl sites for hydroxylation is 1. The van der Waals surface area contributed by atoms with Gasteiger partial charge in [0.1, 0.15) is 12.2 Å². The van der Waals surface area contributed by atoms with E-state index >= 15 is 0 Å². The molecule has 1 amide bonds. The van der Waals surface area contributed by atoms with Crippen LogP contribution in [0.4, 0.5) is 0 Å². The molecule has 0 aromatic carbocycles. The van der Waals surface area contributed by atoms with Crippen LogP contribution in [0.25, 0.3) is 0 Å². The minimum absolute atomic E-state index is 0.0166. The third kappa shape index (κ3) is 8.31. The van der Waals surface area contributed by atoms with Crippen LogP contribution in [0.2, 0.25) is 0 Å². The van der Waals surface area contributed by atoms with Gasteiger partial charge in [-0.1, -0.05) is 20.3 Å². The number of aromatic nitrogens is 3. The lowest BCUT2D eigenvalue weighted by atomic mass is 10.1. The maximum absolute atomic E-state index is 12.2. The minimum Gasteiger partial charge on any atom is -0.354 e. The van der Waals surface area contributed by atoms with E-state index in [-0.39, 0.29) is 18.0 Å². The number of nitrogens with zero attached hydrogens (tertiary/aromatic N) is 5. The van der Waals surface area contributed by atoms with Crippen molar-refractivity contribution in [2.24, 2.45) is 4.99 Å². The summed E-state index contributed by atoms with van der Waals surface area (Å²) in [6.07, 6.45) is 4.71. The molecule has 148 valence electrons. The number of unbranched alkanes of at least 4 members (excludes halogenated alkanes) is 1. The zero-order chi connectivity index (χ0) is 19.6. The molecule has 26 heavy (non-hydrogen) atoms. The van der Waals surface area contributed by atoms with Gasteiger partial charge in [0, 0.05) is 38.6 Å². The summed E-state index contributed by atoms with van der Waals surface area (Å²) in [6.45, 7) is 12.6. The van der Waals surface area contributed by atoms with Gasteiger partial charge in [0.05, 0.1) is 6.54 Å². The van der Waals surface area contributed by atoms with E-state index in [0.717, 1.165) is 44.1 Å². The highest BCUT2D eigenvalue weighted by atomic mass is 16.2. The topological polar surface area (TPSA) is 87.4 Å². The maximum atomic E-state index is 12.2. The van der Waals surface area contributed by atoms with Crippen LogP contribution in [0.3, 0.4) is 0 Å². The van der Waals surface area contributed by atoms with Crippen LogP contribution in [0, 0.1) is 0 Å². The molecule has 0 spiro atoms. The van der Waals surface area contributed by atoms with Crippen molar-refractivity contribution in [3.05, 3.63) is 12.2 Å². The Morgan fingerprint density at radius 2 is 2.08 bits per heavy atom. The second-order valence-corrected chi connectivity index (χ2v) is 7.43. The summed E-state index contributed by atoms with van der Waals surface area (Å²) in [7, 11) is 1.89. The van der Waals surface area contributed by atoms with E-state index in [2.05, 4.69) is 39.7 Å². The van der Waals surface area contributed by atoms with Crippen molar-refractivity contribution >= 4 is 11.9 Å². The van der Waals surface area contributed by atoms with Gasteiger partial charge in [-0.3, -0.25) is 9.79 Å². The average molecular weight is 366 g/mol. The first kappa shape index (κ1) is 21.9. The molecule has 8 heteroatoms. The van der Waals surface area contributed by atoms with E-state index in [1.54, 1.807) is 6.33 Å². The molecule has 0 atom stereocenters. The van der Waals surface area contributed by atoms with Crippen molar-refractivity contribution in [1.82, 2.24) is 30.3 Å². The third-order valence-corrected chi connectivity index (χ3v) is 3.68. The van der Waals surface area contributed by atoms with Gasteiger partial charge in [-0.05, 0) is 27.2 Å². The van der Waals surface area contributed by atoms with Crippen LogP contribution in [0.1, 0.15) is 53.3 Å². The second-order valence-electron chi connectivity index (χ2n) is 7.43. The van der Waals surface area contributed by atoms with Crippen LogP contribution < -0.4 is 10.6 Å². The van der Waals surface area contributed by atoms with E-state index in [1.165, 1.54) is 0 Å². The summed E-state index contributed by atoms with van der Waals surface area (Å²) in [5.74, 6) is 1.69. The quantitative estimate of drug-likeness (QED) is 0.393. The summed E-state index contributed by atoms with van der Waals surface area (Å²) in [5.41, 5.74) is -0.240. The van der Waals surface area contributed by atoms with Crippen molar-refractivity contribution < 1.29 is 4.79 Å². The van der Waals surface area contributed by atoms with Crippen molar-refractivity contribution in [2.75, 3.05) is 26.7 Å². The Labute approximate surface area is 157 Å². The fraction of sp³-hybridized carbons (Fsp3) is 0.778. The van der Waals surface area contributed by atoms with E-state index in [1.807, 2.05) is 37.3 Å². The Morgan fingerprint density at radius 1 is 1.35 bits per heavy atom. The van der Waals surface area contributed by atoms with E-state index < -0.39 is 0 Å². The third-order valence-electron chi connectivity index (χ3n) is 3.68. The zero-order valence-electron chi connectivity index (χ0n) is 17.2. The van der Waals surface area contributed by atoms with Gasteiger partial charge < -0.3 is 20.1 Å². The van der Waals surface area contributed by atoms with Gasteiger partial charge in [-0.25, -0.2) is 0 Å². The number of amides is 1. The average Bonchev–Trinajstić information content (AvgIpc) is 2.99. The Bertz CT molecular complexity index is 574. The molecule has 1 aromatic heterocycles. The summed E-state index contributed by atoms with van der Waals surface area (Å²) in [4.78, 5) is 18.7. The molecule has 8 nitrogen and oxygen atoms in total. The van der Waals surface area contributed by atoms with Crippen molar-refractivity contribution in [3.8, 4) is 0 Å². The standard InChI is InChI=1S/C18H35N7O/c1-7-9-10-19-17(24(6)13-16(26)22-18(3,4)5)20-11-12-25-14-21-23-15(25)8-2/h14H,7-13H2,1-6H3,(H,19,20)(H,22,26). The predicted octanol–water partition coefficient (Wildman–Crippen LogP) is 1.43. The maximum Gasteiger partial charge on any atom is 0.240 e. The molecule has 0 aliphatic heterocycles. The van der Waals surface area contributed by atoms with Gasteiger partial charge in [0.25, 0.3) is 0 Å². The Balaban J connectivity index is 2.62. The lowest BCUT2D eigenvalue weighted by Crippen LogP contribution is -2.49.